The molecule has 0 aliphatic rings. The molecule has 0 unspecified atom stereocenters. The molecule has 4 N–H and O–H groups in total. The van der Waals surface area contributed by atoms with Gasteiger partial charge in [0.1, 0.15) is 5.84 Å². The number of hydrogen-bond donors (Lipinski definition) is 3. The van der Waals surface area contributed by atoms with E-state index in [-0.39, 0.29) is 5.84 Å². The molecule has 0 amide bonds. The number of amidine groups is 1. The fraction of sp³-hybridized carbons (Fsp3) is 0.700. The van der Waals surface area contributed by atoms with E-state index in [9.17, 15) is 0 Å². The number of unbranched alkanes of at least 4 members (excludes halogenated alkanes) is 1. The lowest BCUT2D eigenvalue weighted by Crippen LogP contribution is -2.19. The van der Waals surface area contributed by atoms with Gasteiger partial charge in [0.05, 0.1) is 0 Å². The van der Waals surface area contributed by atoms with E-state index in [1.54, 1.807) is 6.92 Å². The van der Waals surface area contributed by atoms with Crippen molar-refractivity contribution in [2.75, 3.05) is 13.1 Å². The van der Waals surface area contributed by atoms with Crippen LogP contribution in [-0.2, 0) is 6.42 Å². The average molecular weight is 241 g/mol. The van der Waals surface area contributed by atoms with Gasteiger partial charge >= 0.3 is 0 Å². The second-order valence-corrected chi connectivity index (χ2v) is 3.78. The zero-order valence-electron chi connectivity index (χ0n) is 10.0. The molecule has 0 saturated heterocycles. The van der Waals surface area contributed by atoms with Crippen molar-refractivity contribution in [1.82, 2.24) is 15.5 Å². The minimum Gasteiger partial charge on any atom is -0.409 e. The zero-order chi connectivity index (χ0) is 12.5. The van der Waals surface area contributed by atoms with E-state index in [4.69, 9.17) is 15.5 Å². The zero-order valence-corrected chi connectivity index (χ0v) is 10.0. The van der Waals surface area contributed by atoms with E-state index >= 15 is 0 Å². The molecule has 0 spiro atoms. The topological polar surface area (TPSA) is 110 Å². The molecule has 96 valence electrons. The Kier molecular flexibility index (Phi) is 6.02. The third kappa shape index (κ3) is 5.86. The van der Waals surface area contributed by atoms with Crippen LogP contribution in [0.2, 0.25) is 0 Å². The Balaban J connectivity index is 1.94. The fourth-order valence-electron chi connectivity index (χ4n) is 1.37. The van der Waals surface area contributed by atoms with Gasteiger partial charge in [0.15, 0.2) is 5.82 Å². The van der Waals surface area contributed by atoms with E-state index < -0.39 is 0 Å². The van der Waals surface area contributed by atoms with Crippen LogP contribution >= 0.6 is 0 Å². The smallest absolute Gasteiger partial charge is 0.223 e. The van der Waals surface area contributed by atoms with E-state index in [0.29, 0.717) is 12.3 Å². The van der Waals surface area contributed by atoms with Crippen LogP contribution in [0.3, 0.4) is 0 Å². The number of hydrogen-bond acceptors (Lipinski definition) is 6. The summed E-state index contributed by atoms with van der Waals surface area (Å²) in [6.07, 6.45) is 3.28. The van der Waals surface area contributed by atoms with Crippen molar-refractivity contribution in [2.45, 2.75) is 32.6 Å². The molecule has 0 bridgehead atoms. The maximum Gasteiger partial charge on any atom is 0.223 e. The largest absolute Gasteiger partial charge is 0.409 e. The normalized spacial score (nSPS) is 11.9. The predicted octanol–water partition coefficient (Wildman–Crippen LogP) is 0.427. The lowest BCUT2D eigenvalue weighted by Gasteiger charge is -2.02. The molecule has 1 rings (SSSR count). The van der Waals surface area contributed by atoms with E-state index in [1.165, 1.54) is 0 Å². The van der Waals surface area contributed by atoms with Crippen LogP contribution in [0, 0.1) is 6.92 Å². The van der Waals surface area contributed by atoms with Crippen molar-refractivity contribution in [3.05, 3.63) is 11.7 Å². The molecule has 1 aromatic rings. The summed E-state index contributed by atoms with van der Waals surface area (Å²) < 4.78 is 4.86. The molecule has 1 aromatic heterocycles. The standard InChI is InChI=1S/C10H19N5O2/c1-8-13-10(15-17-8)5-7-12-6-3-2-4-9(11)14-16/h12,16H,2-7H2,1H3,(H2,11,14). The van der Waals surface area contributed by atoms with Crippen LogP contribution in [0.4, 0.5) is 0 Å². The Labute approximate surface area is 100 Å². The molecule has 0 aliphatic carbocycles. The van der Waals surface area contributed by atoms with Crippen LogP contribution in [-0.4, -0.2) is 34.3 Å². The minimum absolute atomic E-state index is 0.285. The molecular formula is C10H19N5O2. The SMILES string of the molecule is Cc1nc(CCNCCCCC(N)=NO)no1. The molecule has 17 heavy (non-hydrogen) atoms. The lowest BCUT2D eigenvalue weighted by atomic mass is 10.2. The number of aromatic nitrogens is 2. The van der Waals surface area contributed by atoms with Crippen LogP contribution < -0.4 is 11.1 Å². The Morgan fingerprint density at radius 3 is 2.94 bits per heavy atom. The average Bonchev–Trinajstić information content (AvgIpc) is 2.73. The highest BCUT2D eigenvalue weighted by molar-refractivity contribution is 5.79. The van der Waals surface area contributed by atoms with Gasteiger partial charge in [0.2, 0.25) is 5.89 Å². The summed E-state index contributed by atoms with van der Waals surface area (Å²) in [6, 6.07) is 0. The summed E-state index contributed by atoms with van der Waals surface area (Å²) in [5, 5.41) is 18.3. The van der Waals surface area contributed by atoms with Crippen molar-refractivity contribution in [3.8, 4) is 0 Å². The first-order valence-corrected chi connectivity index (χ1v) is 5.68. The minimum atomic E-state index is 0.285. The van der Waals surface area contributed by atoms with Gasteiger partial charge in [-0.2, -0.15) is 4.98 Å². The molecule has 0 fully saturated rings. The van der Waals surface area contributed by atoms with Gasteiger partial charge in [-0.05, 0) is 19.4 Å². The molecule has 7 heteroatoms. The quantitative estimate of drug-likeness (QED) is 0.200. The predicted molar refractivity (Wildman–Crippen MR) is 62.9 cm³/mol. The molecule has 0 aliphatic heterocycles. The van der Waals surface area contributed by atoms with Crippen LogP contribution in [0.25, 0.3) is 0 Å². The second-order valence-electron chi connectivity index (χ2n) is 3.78. The van der Waals surface area contributed by atoms with Crippen molar-refractivity contribution < 1.29 is 9.73 Å². The van der Waals surface area contributed by atoms with Crippen LogP contribution in [0.5, 0.6) is 0 Å². The van der Waals surface area contributed by atoms with Crippen molar-refractivity contribution in [2.24, 2.45) is 10.9 Å². The van der Waals surface area contributed by atoms with E-state index in [2.05, 4.69) is 20.6 Å². The summed E-state index contributed by atoms with van der Waals surface area (Å²) in [4.78, 5) is 4.10. The summed E-state index contributed by atoms with van der Waals surface area (Å²) in [7, 11) is 0. The van der Waals surface area contributed by atoms with Gasteiger partial charge in [-0.15, -0.1) is 0 Å². The molecule has 0 aromatic carbocycles. The third-order valence-corrected chi connectivity index (χ3v) is 2.26. The Morgan fingerprint density at radius 2 is 2.29 bits per heavy atom. The highest BCUT2D eigenvalue weighted by Crippen LogP contribution is 1.96. The second kappa shape index (κ2) is 7.61. The van der Waals surface area contributed by atoms with E-state index in [0.717, 1.165) is 38.2 Å². The van der Waals surface area contributed by atoms with E-state index in [1.807, 2.05) is 0 Å². The Morgan fingerprint density at radius 1 is 1.47 bits per heavy atom. The molecular weight excluding hydrogens is 222 g/mol. The first-order chi connectivity index (χ1) is 8.22. The lowest BCUT2D eigenvalue weighted by molar-refractivity contribution is 0.316. The monoisotopic (exact) mass is 241 g/mol. The summed E-state index contributed by atoms with van der Waals surface area (Å²) in [6.45, 7) is 3.50. The number of nitrogens with zero attached hydrogens (tertiary/aromatic N) is 3. The number of oxime groups is 1. The highest BCUT2D eigenvalue weighted by Gasteiger charge is 2.00. The Hall–Kier alpha value is -1.63. The molecule has 0 radical (unpaired) electrons. The number of nitrogens with two attached hydrogens (primary N) is 1. The van der Waals surface area contributed by atoms with Gasteiger partial charge in [-0.25, -0.2) is 0 Å². The van der Waals surface area contributed by atoms with Crippen LogP contribution in [0.15, 0.2) is 9.68 Å². The summed E-state index contributed by atoms with van der Waals surface area (Å²) in [5.41, 5.74) is 5.34. The molecule has 7 nitrogen and oxygen atoms in total. The first kappa shape index (κ1) is 13.4. The fourth-order valence-corrected chi connectivity index (χ4v) is 1.37. The van der Waals surface area contributed by atoms with Crippen molar-refractivity contribution >= 4 is 5.84 Å². The van der Waals surface area contributed by atoms with Gasteiger partial charge in [-0.3, -0.25) is 0 Å². The van der Waals surface area contributed by atoms with Gasteiger partial charge in [0.25, 0.3) is 0 Å². The maximum atomic E-state index is 8.33. The van der Waals surface area contributed by atoms with Crippen molar-refractivity contribution in [3.63, 3.8) is 0 Å². The molecule has 0 atom stereocenters. The van der Waals surface area contributed by atoms with Gasteiger partial charge < -0.3 is 20.8 Å². The van der Waals surface area contributed by atoms with Crippen molar-refractivity contribution in [1.29, 1.82) is 0 Å². The number of rotatable bonds is 8. The third-order valence-electron chi connectivity index (χ3n) is 2.26. The van der Waals surface area contributed by atoms with Gasteiger partial charge in [-0.1, -0.05) is 10.3 Å². The highest BCUT2D eigenvalue weighted by atomic mass is 16.5. The number of aryl methyl sites for hydroxylation is 1. The maximum absolute atomic E-state index is 8.33. The molecule has 0 saturated carbocycles. The first-order valence-electron chi connectivity index (χ1n) is 5.68. The number of nitrogens with one attached hydrogen (secondary N) is 1. The summed E-state index contributed by atoms with van der Waals surface area (Å²) in [5.74, 6) is 1.61. The summed E-state index contributed by atoms with van der Waals surface area (Å²) >= 11 is 0. The van der Waals surface area contributed by atoms with Gasteiger partial charge in [0, 0.05) is 26.3 Å². The molecule has 1 heterocycles. The Bertz CT molecular complexity index is 350. The van der Waals surface area contributed by atoms with Crippen LogP contribution in [0.1, 0.15) is 31.0 Å².